The highest BCUT2D eigenvalue weighted by Crippen LogP contribution is 2.24. The van der Waals surface area contributed by atoms with Gasteiger partial charge < -0.3 is 4.98 Å². The minimum Gasteiger partial charge on any atom is -0.358 e. The maximum absolute atomic E-state index is 13.2. The van der Waals surface area contributed by atoms with E-state index in [4.69, 9.17) is 0 Å². The van der Waals surface area contributed by atoms with Crippen LogP contribution in [0.15, 0.2) is 12.1 Å². The van der Waals surface area contributed by atoms with Crippen LogP contribution in [0.5, 0.6) is 0 Å². The molecular weight excluding hydrogens is 172 g/mol. The predicted octanol–water partition coefficient (Wildman–Crippen LogP) is 3.06. The van der Waals surface area contributed by atoms with Gasteiger partial charge >= 0.3 is 0 Å². The Morgan fingerprint density at radius 2 is 1.77 bits per heavy atom. The van der Waals surface area contributed by atoms with Crippen LogP contribution in [0.25, 0.3) is 10.9 Å². The summed E-state index contributed by atoms with van der Waals surface area (Å²) in [6.45, 7) is 3.45. The molecule has 0 fully saturated rings. The first kappa shape index (κ1) is 8.23. The number of halogens is 2. The van der Waals surface area contributed by atoms with E-state index in [9.17, 15) is 8.78 Å². The van der Waals surface area contributed by atoms with Crippen LogP contribution in [0.4, 0.5) is 8.78 Å². The summed E-state index contributed by atoms with van der Waals surface area (Å²) in [5, 5.41) is 0.455. The fourth-order valence-corrected chi connectivity index (χ4v) is 1.49. The lowest BCUT2D eigenvalue weighted by Gasteiger charge is -1.99. The summed E-state index contributed by atoms with van der Waals surface area (Å²) >= 11 is 0. The Bertz CT molecular complexity index is 471. The number of hydrogen-bond donors (Lipinski definition) is 1. The first-order chi connectivity index (χ1) is 6.09. The summed E-state index contributed by atoms with van der Waals surface area (Å²) in [6.07, 6.45) is 0. The zero-order valence-electron chi connectivity index (χ0n) is 7.41. The first-order valence-corrected chi connectivity index (χ1v) is 4.03. The second kappa shape index (κ2) is 2.55. The molecule has 1 heterocycles. The van der Waals surface area contributed by atoms with Gasteiger partial charge in [0.2, 0.25) is 0 Å². The molecule has 0 bridgehead atoms. The zero-order valence-corrected chi connectivity index (χ0v) is 7.41. The van der Waals surface area contributed by atoms with Gasteiger partial charge in [-0.25, -0.2) is 8.78 Å². The standard InChI is InChI=1S/C10H9F2N/c1-5-3-7-9(12)4-8(11)6(2)10(7)13-5/h3-4,13H,1-2H3. The van der Waals surface area contributed by atoms with E-state index in [0.717, 1.165) is 11.8 Å². The van der Waals surface area contributed by atoms with Crippen molar-refractivity contribution in [1.29, 1.82) is 0 Å². The van der Waals surface area contributed by atoms with Crippen LogP contribution < -0.4 is 0 Å². The summed E-state index contributed by atoms with van der Waals surface area (Å²) in [4.78, 5) is 2.93. The van der Waals surface area contributed by atoms with Gasteiger partial charge in [0.1, 0.15) is 11.6 Å². The monoisotopic (exact) mass is 181 g/mol. The minimum absolute atomic E-state index is 0.455. The van der Waals surface area contributed by atoms with Crippen LogP contribution in [0.3, 0.4) is 0 Å². The molecule has 0 aliphatic heterocycles. The van der Waals surface area contributed by atoms with E-state index < -0.39 is 11.6 Å². The Balaban J connectivity index is 2.95. The van der Waals surface area contributed by atoms with Crippen molar-refractivity contribution in [2.45, 2.75) is 13.8 Å². The number of aromatic amines is 1. The van der Waals surface area contributed by atoms with Gasteiger partial charge in [0.15, 0.2) is 0 Å². The van der Waals surface area contributed by atoms with Crippen LogP contribution in [-0.4, -0.2) is 4.98 Å². The smallest absolute Gasteiger partial charge is 0.135 e. The Hall–Kier alpha value is -1.38. The van der Waals surface area contributed by atoms with Gasteiger partial charge in [-0.05, 0) is 19.9 Å². The number of nitrogens with one attached hydrogen (secondary N) is 1. The molecule has 1 aromatic carbocycles. The highest BCUT2D eigenvalue weighted by molar-refractivity contribution is 5.84. The molecular formula is C10H9F2N. The number of aryl methyl sites for hydroxylation is 2. The normalized spacial score (nSPS) is 11.1. The number of H-pyrrole nitrogens is 1. The largest absolute Gasteiger partial charge is 0.358 e. The lowest BCUT2D eigenvalue weighted by Crippen LogP contribution is -1.87. The van der Waals surface area contributed by atoms with Crippen LogP contribution in [0.2, 0.25) is 0 Å². The van der Waals surface area contributed by atoms with Crippen LogP contribution >= 0.6 is 0 Å². The Morgan fingerprint density at radius 1 is 1.08 bits per heavy atom. The van der Waals surface area contributed by atoms with Crippen molar-refractivity contribution in [2.75, 3.05) is 0 Å². The van der Waals surface area contributed by atoms with Crippen molar-refractivity contribution in [2.24, 2.45) is 0 Å². The van der Waals surface area contributed by atoms with Crippen LogP contribution in [-0.2, 0) is 0 Å². The molecule has 1 aromatic heterocycles. The molecule has 0 aliphatic carbocycles. The second-order valence-corrected chi connectivity index (χ2v) is 3.21. The Morgan fingerprint density at radius 3 is 2.46 bits per heavy atom. The molecule has 0 spiro atoms. The molecule has 3 heteroatoms. The topological polar surface area (TPSA) is 15.8 Å². The van der Waals surface area contributed by atoms with Crippen molar-refractivity contribution in [1.82, 2.24) is 4.98 Å². The Kier molecular flexibility index (Phi) is 1.62. The zero-order chi connectivity index (χ0) is 9.59. The molecule has 0 saturated carbocycles. The highest BCUT2D eigenvalue weighted by atomic mass is 19.1. The third-order valence-electron chi connectivity index (χ3n) is 2.20. The molecule has 68 valence electrons. The van der Waals surface area contributed by atoms with Crippen molar-refractivity contribution in [3.05, 3.63) is 35.0 Å². The predicted molar refractivity (Wildman–Crippen MR) is 47.7 cm³/mol. The van der Waals surface area contributed by atoms with Crippen molar-refractivity contribution >= 4 is 10.9 Å². The molecule has 13 heavy (non-hydrogen) atoms. The van der Waals surface area contributed by atoms with Crippen molar-refractivity contribution < 1.29 is 8.78 Å². The average Bonchev–Trinajstić information content (AvgIpc) is 2.44. The molecule has 1 N–H and O–H groups in total. The van der Waals surface area contributed by atoms with E-state index in [-0.39, 0.29) is 0 Å². The van der Waals surface area contributed by atoms with Crippen LogP contribution in [0.1, 0.15) is 11.3 Å². The van der Waals surface area contributed by atoms with Gasteiger partial charge in [0.05, 0.1) is 5.52 Å². The third kappa shape index (κ3) is 1.11. The van der Waals surface area contributed by atoms with Gasteiger partial charge in [-0.2, -0.15) is 0 Å². The average molecular weight is 181 g/mol. The lowest BCUT2D eigenvalue weighted by atomic mass is 10.1. The fraction of sp³-hybridized carbons (Fsp3) is 0.200. The van der Waals surface area contributed by atoms with Crippen molar-refractivity contribution in [3.63, 3.8) is 0 Å². The maximum atomic E-state index is 13.2. The van der Waals surface area contributed by atoms with Crippen molar-refractivity contribution in [3.8, 4) is 0 Å². The second-order valence-electron chi connectivity index (χ2n) is 3.21. The summed E-state index contributed by atoms with van der Waals surface area (Å²) in [5.74, 6) is -1.02. The molecule has 0 aliphatic rings. The molecule has 2 aromatic rings. The van der Waals surface area contributed by atoms with E-state index in [1.54, 1.807) is 13.0 Å². The molecule has 2 rings (SSSR count). The van der Waals surface area contributed by atoms with E-state index in [1.807, 2.05) is 6.92 Å². The minimum atomic E-state index is -0.512. The first-order valence-electron chi connectivity index (χ1n) is 4.03. The summed E-state index contributed by atoms with van der Waals surface area (Å²) < 4.78 is 26.2. The lowest BCUT2D eigenvalue weighted by molar-refractivity contribution is 0.586. The van der Waals surface area contributed by atoms with Gasteiger partial charge in [0.25, 0.3) is 0 Å². The molecule has 0 amide bonds. The van der Waals surface area contributed by atoms with E-state index >= 15 is 0 Å². The fourth-order valence-electron chi connectivity index (χ4n) is 1.49. The van der Waals surface area contributed by atoms with Gasteiger partial charge in [0, 0.05) is 22.7 Å². The van der Waals surface area contributed by atoms with Gasteiger partial charge in [-0.15, -0.1) is 0 Å². The van der Waals surface area contributed by atoms with E-state index in [2.05, 4.69) is 4.98 Å². The third-order valence-corrected chi connectivity index (χ3v) is 2.20. The Labute approximate surface area is 74.4 Å². The summed E-state index contributed by atoms with van der Waals surface area (Å²) in [6, 6.07) is 2.60. The molecule has 1 nitrogen and oxygen atoms in total. The number of hydrogen-bond acceptors (Lipinski definition) is 0. The molecule has 0 saturated heterocycles. The SMILES string of the molecule is Cc1cc2c(F)cc(F)c(C)c2[nH]1. The quantitative estimate of drug-likeness (QED) is 0.642. The summed E-state index contributed by atoms with van der Waals surface area (Å²) in [5.41, 5.74) is 1.85. The van der Waals surface area contributed by atoms with E-state index in [0.29, 0.717) is 16.5 Å². The number of aromatic nitrogens is 1. The molecule has 0 radical (unpaired) electrons. The van der Waals surface area contributed by atoms with E-state index in [1.165, 1.54) is 0 Å². The van der Waals surface area contributed by atoms with Gasteiger partial charge in [-0.1, -0.05) is 0 Å². The number of fused-ring (bicyclic) bond motifs is 1. The molecule has 0 unspecified atom stereocenters. The summed E-state index contributed by atoms with van der Waals surface area (Å²) in [7, 11) is 0. The number of rotatable bonds is 0. The van der Waals surface area contributed by atoms with Crippen LogP contribution in [0, 0.1) is 25.5 Å². The van der Waals surface area contributed by atoms with Gasteiger partial charge in [-0.3, -0.25) is 0 Å². The maximum Gasteiger partial charge on any atom is 0.135 e. The highest BCUT2D eigenvalue weighted by Gasteiger charge is 2.10. The molecule has 0 atom stereocenters. The number of benzene rings is 1.